The van der Waals surface area contributed by atoms with Crippen LogP contribution in [0.5, 0.6) is 0 Å². The Morgan fingerprint density at radius 2 is 1.67 bits per heavy atom. The van der Waals surface area contributed by atoms with E-state index >= 15 is 0 Å². The number of rotatable bonds is 7. The third kappa shape index (κ3) is 5.25. The first-order valence-electron chi connectivity index (χ1n) is 6.32. The van der Waals surface area contributed by atoms with Crippen molar-refractivity contribution in [2.75, 3.05) is 6.54 Å². The average Bonchev–Trinajstić information content (AvgIpc) is 2.13. The molecule has 15 heavy (non-hydrogen) atoms. The summed E-state index contributed by atoms with van der Waals surface area (Å²) in [6, 6.07) is 0. The van der Waals surface area contributed by atoms with Gasteiger partial charge < -0.3 is 5.32 Å². The third-order valence-electron chi connectivity index (χ3n) is 3.26. The molecule has 1 N–H and O–H groups in total. The highest BCUT2D eigenvalue weighted by Gasteiger charge is 2.23. The lowest BCUT2D eigenvalue weighted by molar-refractivity contribution is 0.265. The summed E-state index contributed by atoms with van der Waals surface area (Å²) in [5.74, 6) is 2.79. The van der Waals surface area contributed by atoms with E-state index in [1.165, 1.54) is 12.1 Å². The van der Waals surface area contributed by atoms with Crippen molar-refractivity contribution in [1.29, 1.82) is 0 Å². The Morgan fingerprint density at radius 3 is 2.00 bits per heavy atom. The molecule has 0 aromatic heterocycles. The molecular weight excluding hydrogens is 182 g/mol. The zero-order valence-corrected chi connectivity index (χ0v) is 11.4. The summed E-state index contributed by atoms with van der Waals surface area (Å²) in [6.07, 6.45) is 1.24. The molecule has 0 aromatic rings. The molecule has 0 saturated carbocycles. The maximum atomic E-state index is 4.19. The summed E-state index contributed by atoms with van der Waals surface area (Å²) < 4.78 is 0. The molecule has 0 bridgehead atoms. The molecule has 90 valence electrons. The average molecular weight is 211 g/mol. The summed E-state index contributed by atoms with van der Waals surface area (Å²) in [7, 11) is 0. The van der Waals surface area contributed by atoms with Crippen LogP contribution >= 0.6 is 0 Å². The molecule has 0 rings (SSSR count). The summed E-state index contributed by atoms with van der Waals surface area (Å²) in [4.78, 5) is 0. The zero-order valence-electron chi connectivity index (χ0n) is 11.4. The van der Waals surface area contributed by atoms with E-state index in [4.69, 9.17) is 0 Å². The van der Waals surface area contributed by atoms with Crippen LogP contribution < -0.4 is 5.32 Å². The molecule has 0 aliphatic heterocycles. The Labute approximate surface area is 96.3 Å². The lowest BCUT2D eigenvalue weighted by Crippen LogP contribution is -2.27. The SMILES string of the molecule is C=C(NCC)C(CC(C)C)C(C)C(C)C. The van der Waals surface area contributed by atoms with Gasteiger partial charge in [0.15, 0.2) is 0 Å². The van der Waals surface area contributed by atoms with Gasteiger partial charge in [0, 0.05) is 18.2 Å². The second-order valence-electron chi connectivity index (χ2n) is 5.39. The summed E-state index contributed by atoms with van der Waals surface area (Å²) >= 11 is 0. The molecule has 0 amide bonds. The van der Waals surface area contributed by atoms with Gasteiger partial charge in [0.2, 0.25) is 0 Å². The first-order valence-corrected chi connectivity index (χ1v) is 6.32. The molecule has 0 aliphatic rings. The Bertz CT molecular complexity index is 182. The summed E-state index contributed by atoms with van der Waals surface area (Å²) in [6.45, 7) is 18.8. The van der Waals surface area contributed by atoms with Crippen molar-refractivity contribution in [3.8, 4) is 0 Å². The Balaban J connectivity index is 4.49. The molecule has 0 radical (unpaired) electrons. The van der Waals surface area contributed by atoms with E-state index < -0.39 is 0 Å². The lowest BCUT2D eigenvalue weighted by atomic mass is 9.78. The van der Waals surface area contributed by atoms with Crippen molar-refractivity contribution in [1.82, 2.24) is 5.32 Å². The van der Waals surface area contributed by atoms with Crippen LogP contribution in [0.25, 0.3) is 0 Å². The van der Waals surface area contributed by atoms with E-state index in [-0.39, 0.29) is 0 Å². The summed E-state index contributed by atoms with van der Waals surface area (Å²) in [5, 5.41) is 3.39. The smallest absolute Gasteiger partial charge is 0.0115 e. The van der Waals surface area contributed by atoms with Crippen LogP contribution in [0.15, 0.2) is 12.3 Å². The van der Waals surface area contributed by atoms with Crippen molar-refractivity contribution in [2.45, 2.75) is 48.0 Å². The first kappa shape index (κ1) is 14.5. The van der Waals surface area contributed by atoms with E-state index in [0.717, 1.165) is 18.4 Å². The topological polar surface area (TPSA) is 12.0 Å². The Hall–Kier alpha value is -0.460. The molecule has 0 saturated heterocycles. The Kier molecular flexibility index (Phi) is 6.71. The van der Waals surface area contributed by atoms with Gasteiger partial charge in [-0.15, -0.1) is 0 Å². The molecule has 0 heterocycles. The normalized spacial score (nSPS) is 15.5. The predicted molar refractivity (Wildman–Crippen MR) is 69.8 cm³/mol. The highest BCUT2D eigenvalue weighted by molar-refractivity contribution is 5.00. The minimum Gasteiger partial charge on any atom is -0.389 e. The van der Waals surface area contributed by atoms with Crippen LogP contribution in [-0.2, 0) is 0 Å². The minimum absolute atomic E-state index is 0.616. The Morgan fingerprint density at radius 1 is 1.13 bits per heavy atom. The second-order valence-corrected chi connectivity index (χ2v) is 5.39. The molecule has 0 spiro atoms. The van der Waals surface area contributed by atoms with Gasteiger partial charge in [0.1, 0.15) is 0 Å². The quantitative estimate of drug-likeness (QED) is 0.669. The highest BCUT2D eigenvalue weighted by Crippen LogP contribution is 2.30. The van der Waals surface area contributed by atoms with Gasteiger partial charge in [-0.2, -0.15) is 0 Å². The zero-order chi connectivity index (χ0) is 12.0. The van der Waals surface area contributed by atoms with Gasteiger partial charge >= 0.3 is 0 Å². The van der Waals surface area contributed by atoms with Crippen LogP contribution in [-0.4, -0.2) is 6.54 Å². The number of hydrogen-bond acceptors (Lipinski definition) is 1. The maximum absolute atomic E-state index is 4.19. The molecule has 1 heteroatoms. The van der Waals surface area contributed by atoms with Crippen molar-refractivity contribution in [3.63, 3.8) is 0 Å². The molecular formula is C14H29N. The molecule has 0 aliphatic carbocycles. The van der Waals surface area contributed by atoms with Gasteiger partial charge in [0.25, 0.3) is 0 Å². The fraction of sp³-hybridized carbons (Fsp3) is 0.857. The van der Waals surface area contributed by atoms with E-state index in [1.54, 1.807) is 0 Å². The molecule has 1 nitrogen and oxygen atoms in total. The van der Waals surface area contributed by atoms with Crippen LogP contribution in [0.3, 0.4) is 0 Å². The van der Waals surface area contributed by atoms with Crippen molar-refractivity contribution in [3.05, 3.63) is 12.3 Å². The van der Waals surface area contributed by atoms with Gasteiger partial charge in [-0.1, -0.05) is 41.2 Å². The maximum Gasteiger partial charge on any atom is 0.0115 e. The molecule has 0 fully saturated rings. The first-order chi connectivity index (χ1) is 6.90. The van der Waals surface area contributed by atoms with E-state index in [0.29, 0.717) is 11.8 Å². The lowest BCUT2D eigenvalue weighted by Gasteiger charge is -2.30. The van der Waals surface area contributed by atoms with E-state index in [1.807, 2.05) is 0 Å². The van der Waals surface area contributed by atoms with Crippen LogP contribution in [0.1, 0.15) is 48.0 Å². The van der Waals surface area contributed by atoms with Crippen molar-refractivity contribution in [2.24, 2.45) is 23.7 Å². The van der Waals surface area contributed by atoms with E-state index in [9.17, 15) is 0 Å². The van der Waals surface area contributed by atoms with E-state index in [2.05, 4.69) is 53.4 Å². The van der Waals surface area contributed by atoms with Gasteiger partial charge in [-0.25, -0.2) is 0 Å². The van der Waals surface area contributed by atoms with Crippen molar-refractivity contribution < 1.29 is 0 Å². The standard InChI is InChI=1S/C14H29N/c1-8-15-13(7)14(9-10(2)3)12(6)11(4)5/h10-12,14-15H,7-9H2,1-6H3. The molecule has 2 unspecified atom stereocenters. The number of allylic oxidation sites excluding steroid dienone is 1. The molecule has 2 atom stereocenters. The third-order valence-corrected chi connectivity index (χ3v) is 3.26. The van der Waals surface area contributed by atoms with Crippen LogP contribution in [0.2, 0.25) is 0 Å². The van der Waals surface area contributed by atoms with Crippen LogP contribution in [0.4, 0.5) is 0 Å². The highest BCUT2D eigenvalue weighted by atomic mass is 14.9. The van der Waals surface area contributed by atoms with Crippen LogP contribution in [0, 0.1) is 23.7 Å². The largest absolute Gasteiger partial charge is 0.389 e. The fourth-order valence-corrected chi connectivity index (χ4v) is 2.00. The minimum atomic E-state index is 0.616. The van der Waals surface area contributed by atoms with Gasteiger partial charge in [0.05, 0.1) is 0 Å². The fourth-order valence-electron chi connectivity index (χ4n) is 2.00. The second kappa shape index (κ2) is 6.92. The molecule has 0 aromatic carbocycles. The van der Waals surface area contributed by atoms with Gasteiger partial charge in [-0.3, -0.25) is 0 Å². The monoisotopic (exact) mass is 211 g/mol. The summed E-state index contributed by atoms with van der Waals surface area (Å²) in [5.41, 5.74) is 1.23. The van der Waals surface area contributed by atoms with Gasteiger partial charge in [-0.05, 0) is 31.1 Å². The van der Waals surface area contributed by atoms with Crippen molar-refractivity contribution >= 4 is 0 Å². The number of nitrogens with one attached hydrogen (secondary N) is 1. The number of hydrogen-bond donors (Lipinski definition) is 1. The predicted octanol–water partition coefficient (Wildman–Crippen LogP) is 4.06.